The maximum absolute atomic E-state index is 13.5. The zero-order valence-electron chi connectivity index (χ0n) is 15.1. The van der Waals surface area contributed by atoms with Crippen molar-refractivity contribution in [1.82, 2.24) is 9.55 Å². The van der Waals surface area contributed by atoms with Crippen LogP contribution in [0.1, 0.15) is 17.9 Å². The summed E-state index contributed by atoms with van der Waals surface area (Å²) in [5.74, 6) is -2.33. The van der Waals surface area contributed by atoms with E-state index in [-0.39, 0.29) is 0 Å². The number of rotatable bonds is 6. The number of halogens is 1. The van der Waals surface area contributed by atoms with E-state index in [4.69, 9.17) is 9.47 Å². The number of Topliss-reactive ketones (excluding diaryl/α,β-unsaturated/α-hetero) is 1. The molecule has 29 heavy (non-hydrogen) atoms. The van der Waals surface area contributed by atoms with Crippen LogP contribution in [0.15, 0.2) is 46.1 Å². The van der Waals surface area contributed by atoms with Gasteiger partial charge in [0.1, 0.15) is 30.5 Å². The molecule has 1 fully saturated rings. The molecule has 1 saturated heterocycles. The predicted molar refractivity (Wildman–Crippen MR) is 94.4 cm³/mol. The fraction of sp³-hybridized carbons (Fsp3) is 0.389. The van der Waals surface area contributed by atoms with Crippen molar-refractivity contribution >= 4 is 5.78 Å². The number of benzene rings is 1. The molecule has 2 heterocycles. The van der Waals surface area contributed by atoms with E-state index >= 15 is 0 Å². The van der Waals surface area contributed by atoms with Crippen LogP contribution < -0.4 is 11.2 Å². The Bertz CT molecular complexity index is 991. The van der Waals surface area contributed by atoms with Crippen LogP contribution >= 0.6 is 0 Å². The summed E-state index contributed by atoms with van der Waals surface area (Å²) in [6, 6.07) is 8.33. The monoisotopic (exact) mass is 410 g/mol. The van der Waals surface area contributed by atoms with E-state index in [0.717, 1.165) is 0 Å². The smallest absolute Gasteiger partial charge is 0.330 e. The number of aromatic nitrogens is 2. The molecule has 11 heteroatoms. The standard InChI is InChI=1S/C18H19FN2O8/c1-28-14(8-5-3-2-4-6-8)10(22)11(23)15-12(24)13(25)17(29-15)21-7-9(19)16(26)20-18(21)27/h2-7,10,12-15,17,22,24-25H,1H3,(H,20,26,27)/t10?,12-,13+,14?,15+,17+/m0/s1. The molecule has 2 aromatic rings. The van der Waals surface area contributed by atoms with Crippen LogP contribution in [-0.2, 0) is 14.3 Å². The Hall–Kier alpha value is -2.70. The number of ketones is 1. The predicted octanol–water partition coefficient (Wildman–Crippen LogP) is -1.39. The van der Waals surface area contributed by atoms with Crippen LogP contribution in [0.3, 0.4) is 0 Å². The third-order valence-electron chi connectivity index (χ3n) is 4.68. The Morgan fingerprint density at radius 2 is 1.90 bits per heavy atom. The molecular formula is C18H19FN2O8. The van der Waals surface area contributed by atoms with Gasteiger partial charge < -0.3 is 24.8 Å². The van der Waals surface area contributed by atoms with Gasteiger partial charge in [-0.1, -0.05) is 30.3 Å². The second kappa shape index (κ2) is 8.35. The van der Waals surface area contributed by atoms with Gasteiger partial charge in [-0.3, -0.25) is 19.1 Å². The molecule has 10 nitrogen and oxygen atoms in total. The topological polar surface area (TPSA) is 151 Å². The Kier molecular flexibility index (Phi) is 6.05. The number of nitrogens with zero attached hydrogens (tertiary/aromatic N) is 1. The second-order valence-corrected chi connectivity index (χ2v) is 6.49. The SMILES string of the molecule is COC(c1ccccc1)C(O)C(=O)[C@H]1O[C@@H](n2cc(F)c(=O)[nH]c2=O)[C@H](O)[C@@H]1O. The molecule has 1 aliphatic heterocycles. The average molecular weight is 410 g/mol. The third-order valence-corrected chi connectivity index (χ3v) is 4.68. The van der Waals surface area contributed by atoms with Crippen molar-refractivity contribution in [3.05, 3.63) is 68.7 Å². The Morgan fingerprint density at radius 3 is 2.52 bits per heavy atom. The summed E-state index contributed by atoms with van der Waals surface area (Å²) in [7, 11) is 1.28. The Labute approximate surface area is 162 Å². The van der Waals surface area contributed by atoms with Crippen LogP contribution in [0.4, 0.5) is 4.39 Å². The molecule has 0 saturated carbocycles. The van der Waals surface area contributed by atoms with Gasteiger partial charge >= 0.3 is 5.69 Å². The molecule has 1 aromatic carbocycles. The molecule has 0 spiro atoms. The van der Waals surface area contributed by atoms with Crippen molar-refractivity contribution in [3.8, 4) is 0 Å². The number of aromatic amines is 1. The minimum atomic E-state index is -1.82. The van der Waals surface area contributed by atoms with E-state index in [2.05, 4.69) is 0 Å². The summed E-state index contributed by atoms with van der Waals surface area (Å²) in [5.41, 5.74) is -1.90. The summed E-state index contributed by atoms with van der Waals surface area (Å²) < 4.78 is 24.5. The number of aliphatic hydroxyl groups excluding tert-OH is 3. The molecule has 156 valence electrons. The number of methoxy groups -OCH3 is 1. The van der Waals surface area contributed by atoms with E-state index in [1.54, 1.807) is 35.3 Å². The minimum absolute atomic E-state index is 0.486. The molecule has 4 N–H and O–H groups in total. The van der Waals surface area contributed by atoms with E-state index < -0.39 is 59.6 Å². The number of aliphatic hydroxyl groups is 3. The number of hydrogen-bond acceptors (Lipinski definition) is 8. The third kappa shape index (κ3) is 3.91. The van der Waals surface area contributed by atoms with Crippen LogP contribution in [0.2, 0.25) is 0 Å². The Balaban J connectivity index is 1.86. The van der Waals surface area contributed by atoms with Gasteiger partial charge in [0, 0.05) is 7.11 Å². The van der Waals surface area contributed by atoms with Crippen molar-refractivity contribution in [2.75, 3.05) is 7.11 Å². The molecule has 1 aromatic heterocycles. The lowest BCUT2D eigenvalue weighted by Gasteiger charge is -2.24. The summed E-state index contributed by atoms with van der Waals surface area (Å²) in [5, 5.41) is 30.9. The molecule has 6 atom stereocenters. The second-order valence-electron chi connectivity index (χ2n) is 6.49. The minimum Gasteiger partial charge on any atom is -0.387 e. The first-order chi connectivity index (χ1) is 13.8. The van der Waals surface area contributed by atoms with Crippen LogP contribution in [0.25, 0.3) is 0 Å². The van der Waals surface area contributed by atoms with Gasteiger partial charge in [-0.25, -0.2) is 4.79 Å². The first-order valence-electron chi connectivity index (χ1n) is 8.58. The molecule has 2 unspecified atom stereocenters. The van der Waals surface area contributed by atoms with E-state index in [9.17, 15) is 34.1 Å². The van der Waals surface area contributed by atoms with E-state index in [1.165, 1.54) is 7.11 Å². The van der Waals surface area contributed by atoms with Crippen LogP contribution in [0, 0.1) is 5.82 Å². The first-order valence-corrected chi connectivity index (χ1v) is 8.58. The molecule has 0 bridgehead atoms. The number of hydrogen-bond donors (Lipinski definition) is 4. The first kappa shape index (κ1) is 21.0. The highest BCUT2D eigenvalue weighted by atomic mass is 19.1. The molecule has 3 rings (SSSR count). The lowest BCUT2D eigenvalue weighted by atomic mass is 9.96. The van der Waals surface area contributed by atoms with Gasteiger partial charge in [0.25, 0.3) is 5.56 Å². The van der Waals surface area contributed by atoms with Gasteiger partial charge in [-0.05, 0) is 5.56 Å². The summed E-state index contributed by atoms with van der Waals surface area (Å²) in [6.45, 7) is 0. The number of nitrogens with one attached hydrogen (secondary N) is 1. The van der Waals surface area contributed by atoms with Crippen molar-refractivity contribution in [2.45, 2.75) is 36.7 Å². The number of H-pyrrole nitrogens is 1. The Morgan fingerprint density at radius 1 is 1.24 bits per heavy atom. The quantitative estimate of drug-likeness (QED) is 0.455. The largest absolute Gasteiger partial charge is 0.387 e. The van der Waals surface area contributed by atoms with Gasteiger partial charge in [-0.15, -0.1) is 0 Å². The lowest BCUT2D eigenvalue weighted by molar-refractivity contribution is -0.151. The maximum atomic E-state index is 13.5. The van der Waals surface area contributed by atoms with Crippen molar-refractivity contribution in [3.63, 3.8) is 0 Å². The number of carbonyl (C=O) groups is 1. The highest BCUT2D eigenvalue weighted by Gasteiger charge is 2.50. The van der Waals surface area contributed by atoms with E-state index in [1.807, 2.05) is 0 Å². The fourth-order valence-corrected chi connectivity index (χ4v) is 3.18. The maximum Gasteiger partial charge on any atom is 0.330 e. The number of ether oxygens (including phenoxy) is 2. The molecule has 0 amide bonds. The highest BCUT2D eigenvalue weighted by Crippen LogP contribution is 2.31. The highest BCUT2D eigenvalue weighted by molar-refractivity contribution is 5.88. The zero-order chi connectivity index (χ0) is 21.3. The summed E-state index contributed by atoms with van der Waals surface area (Å²) in [4.78, 5) is 37.5. The number of carbonyl (C=O) groups excluding carboxylic acids is 1. The van der Waals surface area contributed by atoms with Gasteiger partial charge in [-0.2, -0.15) is 4.39 Å². The van der Waals surface area contributed by atoms with Crippen molar-refractivity contribution in [2.24, 2.45) is 0 Å². The zero-order valence-corrected chi connectivity index (χ0v) is 15.1. The van der Waals surface area contributed by atoms with Gasteiger partial charge in [0.15, 0.2) is 12.0 Å². The van der Waals surface area contributed by atoms with Crippen molar-refractivity contribution < 1.29 is 34.0 Å². The van der Waals surface area contributed by atoms with E-state index in [0.29, 0.717) is 16.3 Å². The summed E-state index contributed by atoms with van der Waals surface area (Å²) >= 11 is 0. The summed E-state index contributed by atoms with van der Waals surface area (Å²) in [6.07, 6.45) is -9.38. The average Bonchev–Trinajstić information content (AvgIpc) is 3.00. The molecular weight excluding hydrogens is 391 g/mol. The van der Waals surface area contributed by atoms with Crippen LogP contribution in [0.5, 0.6) is 0 Å². The van der Waals surface area contributed by atoms with Crippen molar-refractivity contribution in [1.29, 1.82) is 0 Å². The molecule has 1 aliphatic rings. The van der Waals surface area contributed by atoms with Gasteiger partial charge in [0.05, 0.1) is 6.20 Å². The van der Waals surface area contributed by atoms with Gasteiger partial charge in [0.2, 0.25) is 5.82 Å². The molecule has 0 aliphatic carbocycles. The normalized spacial score (nSPS) is 26.2. The fourth-order valence-electron chi connectivity index (χ4n) is 3.18. The van der Waals surface area contributed by atoms with Crippen LogP contribution in [-0.4, -0.2) is 62.2 Å². The molecule has 0 radical (unpaired) electrons. The lowest BCUT2D eigenvalue weighted by Crippen LogP contribution is -2.43.